The molecule has 1 aliphatic rings. The van der Waals surface area contributed by atoms with Crippen LogP contribution in [0, 0.1) is 0 Å². The number of rotatable bonds is 3. The molecule has 0 aromatic rings. The van der Waals surface area contributed by atoms with E-state index in [0.717, 1.165) is 4.90 Å². The van der Waals surface area contributed by atoms with E-state index in [4.69, 9.17) is 5.11 Å². The summed E-state index contributed by atoms with van der Waals surface area (Å²) in [5.74, 6) is -1.52. The average Bonchev–Trinajstić information content (AvgIpc) is 2.28. The van der Waals surface area contributed by atoms with Gasteiger partial charge in [-0.2, -0.15) is 0 Å². The van der Waals surface area contributed by atoms with Crippen molar-refractivity contribution < 1.29 is 19.5 Å². The first-order chi connectivity index (χ1) is 7.95. The van der Waals surface area contributed by atoms with E-state index in [1.54, 1.807) is 6.92 Å². The zero-order chi connectivity index (χ0) is 13.0. The number of nitrogens with one attached hydrogen (secondary N) is 2. The van der Waals surface area contributed by atoms with Crippen LogP contribution in [0.1, 0.15) is 6.92 Å². The number of aliphatic carboxylic acids is 1. The Morgan fingerprint density at radius 1 is 1.71 bits per heavy atom. The molecule has 1 rings (SSSR count). The monoisotopic (exact) mass is 241 g/mol. The molecule has 0 bridgehead atoms. The van der Waals surface area contributed by atoms with Gasteiger partial charge in [0.1, 0.15) is 12.6 Å². The number of piperazine rings is 1. The molecule has 0 radical (unpaired) electrons. The summed E-state index contributed by atoms with van der Waals surface area (Å²) in [6.07, 6.45) is 1.51. The topological polar surface area (TPSA) is 98.7 Å². The maximum atomic E-state index is 11.8. The van der Waals surface area contributed by atoms with Crippen molar-refractivity contribution in [2.45, 2.75) is 19.0 Å². The van der Waals surface area contributed by atoms with Crippen LogP contribution in [0.4, 0.5) is 4.79 Å². The van der Waals surface area contributed by atoms with Crippen LogP contribution in [-0.2, 0) is 9.59 Å². The van der Waals surface area contributed by atoms with Crippen LogP contribution in [-0.4, -0.2) is 53.1 Å². The lowest BCUT2D eigenvalue weighted by Gasteiger charge is -2.33. The van der Waals surface area contributed by atoms with Crippen LogP contribution in [0.25, 0.3) is 0 Å². The molecule has 7 heteroatoms. The van der Waals surface area contributed by atoms with E-state index < -0.39 is 18.0 Å². The Kier molecular flexibility index (Phi) is 4.08. The van der Waals surface area contributed by atoms with Gasteiger partial charge in [-0.15, -0.1) is 6.58 Å². The molecule has 3 amide bonds. The van der Waals surface area contributed by atoms with E-state index in [0.29, 0.717) is 0 Å². The molecule has 7 nitrogen and oxygen atoms in total. The summed E-state index contributed by atoms with van der Waals surface area (Å²) in [6.45, 7) is 4.86. The Labute approximate surface area is 98.5 Å². The van der Waals surface area contributed by atoms with Crippen LogP contribution >= 0.6 is 0 Å². The SMILES string of the molecule is C=CC(C)NC(=O)N1CC(=O)NCC1C(=O)O. The number of carboxylic acids is 1. The summed E-state index contributed by atoms with van der Waals surface area (Å²) < 4.78 is 0. The maximum Gasteiger partial charge on any atom is 0.328 e. The second-order valence-electron chi connectivity index (χ2n) is 3.76. The molecule has 0 saturated carbocycles. The molecular weight excluding hydrogens is 226 g/mol. The van der Waals surface area contributed by atoms with Crippen molar-refractivity contribution in [3.05, 3.63) is 12.7 Å². The summed E-state index contributed by atoms with van der Waals surface area (Å²) in [5.41, 5.74) is 0. The lowest BCUT2D eigenvalue weighted by Crippen LogP contribution is -2.61. The molecule has 3 N–H and O–H groups in total. The fourth-order valence-electron chi connectivity index (χ4n) is 1.41. The van der Waals surface area contributed by atoms with Crippen LogP contribution in [0.3, 0.4) is 0 Å². The van der Waals surface area contributed by atoms with Crippen molar-refractivity contribution in [1.82, 2.24) is 15.5 Å². The van der Waals surface area contributed by atoms with Gasteiger partial charge in [-0.05, 0) is 6.92 Å². The largest absolute Gasteiger partial charge is 0.480 e. The third-order valence-electron chi connectivity index (χ3n) is 2.43. The Morgan fingerprint density at radius 3 is 2.88 bits per heavy atom. The molecule has 17 heavy (non-hydrogen) atoms. The maximum absolute atomic E-state index is 11.8. The Balaban J connectivity index is 2.75. The molecule has 0 spiro atoms. The fourth-order valence-corrected chi connectivity index (χ4v) is 1.41. The number of hydrogen-bond acceptors (Lipinski definition) is 3. The van der Waals surface area contributed by atoms with Crippen LogP contribution < -0.4 is 10.6 Å². The van der Waals surface area contributed by atoms with Crippen molar-refractivity contribution in [2.24, 2.45) is 0 Å². The highest BCUT2D eigenvalue weighted by Crippen LogP contribution is 2.05. The van der Waals surface area contributed by atoms with Gasteiger partial charge in [0, 0.05) is 12.6 Å². The summed E-state index contributed by atoms with van der Waals surface area (Å²) in [6, 6.07) is -1.91. The van der Waals surface area contributed by atoms with E-state index in [1.807, 2.05) is 0 Å². The van der Waals surface area contributed by atoms with Crippen molar-refractivity contribution in [1.29, 1.82) is 0 Å². The highest BCUT2D eigenvalue weighted by Gasteiger charge is 2.35. The molecule has 0 aliphatic carbocycles. The number of hydrogen-bond donors (Lipinski definition) is 3. The number of urea groups is 1. The molecule has 0 aromatic heterocycles. The minimum atomic E-state index is -1.15. The zero-order valence-corrected chi connectivity index (χ0v) is 9.47. The third-order valence-corrected chi connectivity index (χ3v) is 2.43. The lowest BCUT2D eigenvalue weighted by atomic mass is 10.2. The van der Waals surface area contributed by atoms with Gasteiger partial charge in [-0.3, -0.25) is 9.69 Å². The summed E-state index contributed by atoms with van der Waals surface area (Å²) >= 11 is 0. The number of carbonyl (C=O) groups is 3. The van der Waals surface area contributed by atoms with E-state index in [9.17, 15) is 14.4 Å². The second-order valence-corrected chi connectivity index (χ2v) is 3.76. The Bertz CT molecular complexity index is 355. The van der Waals surface area contributed by atoms with E-state index in [1.165, 1.54) is 6.08 Å². The normalized spacial score (nSPS) is 21.4. The Morgan fingerprint density at radius 2 is 2.35 bits per heavy atom. The minimum absolute atomic E-state index is 0.0793. The molecular formula is C10H15N3O4. The first kappa shape index (κ1) is 13.0. The van der Waals surface area contributed by atoms with Crippen LogP contribution in [0.2, 0.25) is 0 Å². The molecule has 2 atom stereocenters. The van der Waals surface area contributed by atoms with E-state index >= 15 is 0 Å². The smallest absolute Gasteiger partial charge is 0.328 e. The molecule has 1 heterocycles. The number of amides is 3. The predicted octanol–water partition coefficient (Wildman–Crippen LogP) is -0.844. The van der Waals surface area contributed by atoms with Gasteiger partial charge < -0.3 is 15.7 Å². The number of carboxylic acid groups (broad SMARTS) is 1. The van der Waals surface area contributed by atoms with Crippen molar-refractivity contribution in [2.75, 3.05) is 13.1 Å². The number of carbonyl (C=O) groups excluding carboxylic acids is 2. The molecule has 1 saturated heterocycles. The van der Waals surface area contributed by atoms with Crippen LogP contribution in [0.15, 0.2) is 12.7 Å². The van der Waals surface area contributed by atoms with Gasteiger partial charge in [-0.25, -0.2) is 9.59 Å². The summed E-state index contributed by atoms with van der Waals surface area (Å²) in [4.78, 5) is 34.8. The predicted molar refractivity (Wildman–Crippen MR) is 59.3 cm³/mol. The van der Waals surface area contributed by atoms with E-state index in [2.05, 4.69) is 17.2 Å². The first-order valence-corrected chi connectivity index (χ1v) is 5.15. The quantitative estimate of drug-likeness (QED) is 0.561. The molecule has 0 aromatic carbocycles. The van der Waals surface area contributed by atoms with Crippen molar-refractivity contribution in [3.8, 4) is 0 Å². The van der Waals surface area contributed by atoms with Crippen molar-refractivity contribution >= 4 is 17.9 Å². The molecule has 2 unspecified atom stereocenters. The van der Waals surface area contributed by atoms with Gasteiger partial charge in [0.05, 0.1) is 0 Å². The zero-order valence-electron chi connectivity index (χ0n) is 9.47. The van der Waals surface area contributed by atoms with Gasteiger partial charge in [-0.1, -0.05) is 6.08 Å². The number of nitrogens with zero attached hydrogens (tertiary/aromatic N) is 1. The summed E-state index contributed by atoms with van der Waals surface area (Å²) in [7, 11) is 0. The third kappa shape index (κ3) is 3.20. The lowest BCUT2D eigenvalue weighted by molar-refractivity contribution is -0.144. The standard InChI is InChI=1S/C10H15N3O4/c1-3-6(2)12-10(17)13-5-8(14)11-4-7(13)9(15)16/h3,6-7H,1,4-5H2,2H3,(H,11,14)(H,12,17)(H,15,16). The fraction of sp³-hybridized carbons (Fsp3) is 0.500. The molecule has 1 aliphatic heterocycles. The van der Waals surface area contributed by atoms with Crippen molar-refractivity contribution in [3.63, 3.8) is 0 Å². The highest BCUT2D eigenvalue weighted by molar-refractivity contribution is 5.90. The van der Waals surface area contributed by atoms with Gasteiger partial charge in [0.15, 0.2) is 0 Å². The first-order valence-electron chi connectivity index (χ1n) is 5.15. The summed E-state index contributed by atoms with van der Waals surface area (Å²) in [5, 5.41) is 13.9. The minimum Gasteiger partial charge on any atom is -0.480 e. The Hall–Kier alpha value is -2.05. The second kappa shape index (κ2) is 5.33. The van der Waals surface area contributed by atoms with Crippen LogP contribution in [0.5, 0.6) is 0 Å². The average molecular weight is 241 g/mol. The molecule has 1 fully saturated rings. The van der Waals surface area contributed by atoms with Gasteiger partial charge >= 0.3 is 12.0 Å². The van der Waals surface area contributed by atoms with E-state index in [-0.39, 0.29) is 25.0 Å². The van der Waals surface area contributed by atoms with Gasteiger partial charge in [0.2, 0.25) is 5.91 Å². The van der Waals surface area contributed by atoms with Gasteiger partial charge in [0.25, 0.3) is 0 Å². The molecule has 94 valence electrons. The highest BCUT2D eigenvalue weighted by atomic mass is 16.4.